The van der Waals surface area contributed by atoms with Crippen LogP contribution in [0, 0.1) is 11.3 Å². The molecule has 1 N–H and O–H groups in total. The Bertz CT molecular complexity index is 577. The van der Waals surface area contributed by atoms with E-state index in [0.717, 1.165) is 0 Å². The van der Waals surface area contributed by atoms with Crippen LogP contribution in [0.15, 0.2) is 0 Å². The van der Waals surface area contributed by atoms with Crippen LogP contribution in [0.2, 0.25) is 0 Å². The molecule has 0 bridgehead atoms. The summed E-state index contributed by atoms with van der Waals surface area (Å²) in [6.45, 7) is 8.28. The van der Waals surface area contributed by atoms with Crippen LogP contribution in [0.1, 0.15) is 41.0 Å². The number of nitrogens with zero attached hydrogens (tertiary/aromatic N) is 1. The van der Waals surface area contributed by atoms with E-state index < -0.39 is 53.5 Å². The summed E-state index contributed by atoms with van der Waals surface area (Å²) in [6, 6.07) is -0.918. The largest absolute Gasteiger partial charge is 0.465 e. The van der Waals surface area contributed by atoms with Crippen molar-refractivity contribution in [2.75, 3.05) is 0 Å². The first-order valence-corrected chi connectivity index (χ1v) is 7.41. The molecule has 2 aliphatic heterocycles. The lowest BCUT2D eigenvalue weighted by Crippen LogP contribution is -2.47. The number of amides is 2. The number of likely N-dealkylation sites (tertiary alicyclic amines) is 1. The average Bonchev–Trinajstić information content (AvgIpc) is 2.80. The van der Waals surface area contributed by atoms with Gasteiger partial charge in [0.25, 0.3) is 5.91 Å². The third kappa shape index (κ3) is 2.55. The Kier molecular flexibility index (Phi) is 3.90. The number of hydrogen-bond donors (Lipinski definition) is 1. The van der Waals surface area contributed by atoms with Gasteiger partial charge in [-0.2, -0.15) is 0 Å². The fraction of sp³-hybridized carbons (Fsp3) is 0.733. The molecule has 2 amide bonds. The van der Waals surface area contributed by atoms with Crippen LogP contribution in [0.3, 0.4) is 0 Å². The van der Waals surface area contributed by atoms with Crippen LogP contribution in [0.25, 0.3) is 0 Å². The van der Waals surface area contributed by atoms with Crippen LogP contribution < -0.4 is 0 Å². The van der Waals surface area contributed by atoms with Gasteiger partial charge in [-0.1, -0.05) is 13.8 Å². The number of fused-ring (bicyclic) bond motifs is 1. The number of imide groups is 1. The first-order chi connectivity index (χ1) is 10.4. The highest BCUT2D eigenvalue weighted by molar-refractivity contribution is 6.13. The van der Waals surface area contributed by atoms with Crippen LogP contribution in [0.5, 0.6) is 0 Å². The molecule has 0 aliphatic carbocycles. The number of rotatable bonds is 2. The fourth-order valence-corrected chi connectivity index (χ4v) is 3.16. The minimum absolute atomic E-state index is 0.324. The average molecular weight is 327 g/mol. The first-order valence-electron chi connectivity index (χ1n) is 7.41. The second-order valence-corrected chi connectivity index (χ2v) is 7.25. The first kappa shape index (κ1) is 17.2. The molecule has 2 saturated heterocycles. The van der Waals surface area contributed by atoms with Gasteiger partial charge in [0.05, 0.1) is 12.5 Å². The van der Waals surface area contributed by atoms with E-state index in [1.807, 2.05) is 0 Å². The van der Waals surface area contributed by atoms with Crippen LogP contribution in [-0.4, -0.2) is 51.7 Å². The summed E-state index contributed by atoms with van der Waals surface area (Å²) < 4.78 is 10.5. The van der Waals surface area contributed by atoms with Gasteiger partial charge in [0.15, 0.2) is 5.41 Å². The SMILES string of the molecule is CC(C)C1C2OC(=O)CC2(C(=O)OC(C)(C)C)C(=O)N1C(=O)O. The predicted molar refractivity (Wildman–Crippen MR) is 76.3 cm³/mol. The molecule has 8 nitrogen and oxygen atoms in total. The van der Waals surface area contributed by atoms with Crippen molar-refractivity contribution >= 4 is 23.9 Å². The van der Waals surface area contributed by atoms with Crippen molar-refractivity contribution < 1.29 is 33.8 Å². The summed E-state index contributed by atoms with van der Waals surface area (Å²) in [5.74, 6) is -2.89. The molecule has 3 atom stereocenters. The van der Waals surface area contributed by atoms with Gasteiger partial charge in [-0.05, 0) is 26.7 Å². The van der Waals surface area contributed by atoms with Crippen molar-refractivity contribution in [3.05, 3.63) is 0 Å². The van der Waals surface area contributed by atoms with Crippen molar-refractivity contribution in [2.45, 2.75) is 58.8 Å². The number of esters is 2. The van der Waals surface area contributed by atoms with Crippen LogP contribution >= 0.6 is 0 Å². The van der Waals surface area contributed by atoms with Crippen LogP contribution in [-0.2, 0) is 23.9 Å². The van der Waals surface area contributed by atoms with Gasteiger partial charge in [0, 0.05) is 0 Å². The highest BCUT2D eigenvalue weighted by Crippen LogP contribution is 2.49. The maximum absolute atomic E-state index is 12.8. The molecule has 8 heteroatoms. The Balaban J connectivity index is 2.54. The zero-order valence-corrected chi connectivity index (χ0v) is 13.8. The van der Waals surface area contributed by atoms with Crippen molar-refractivity contribution in [3.63, 3.8) is 0 Å². The quantitative estimate of drug-likeness (QED) is 0.599. The van der Waals surface area contributed by atoms with Gasteiger partial charge < -0.3 is 14.6 Å². The summed E-state index contributed by atoms with van der Waals surface area (Å²) in [4.78, 5) is 49.3. The Hall–Kier alpha value is -2.12. The minimum atomic E-state index is -1.92. The maximum atomic E-state index is 12.8. The monoisotopic (exact) mass is 327 g/mol. The van der Waals surface area contributed by atoms with Gasteiger partial charge in [-0.25, -0.2) is 9.69 Å². The standard InChI is InChI=1S/C15H21NO7/c1-7(2)9-10-15(6-8(17)22-10,11(18)16(9)13(20)21)12(19)23-14(3,4)5/h7,9-10H,6H2,1-5H3,(H,20,21). The Labute approximate surface area is 133 Å². The summed E-state index contributed by atoms with van der Waals surface area (Å²) in [7, 11) is 0. The number of carbonyl (C=O) groups excluding carboxylic acids is 3. The van der Waals surface area contributed by atoms with E-state index in [1.54, 1.807) is 34.6 Å². The van der Waals surface area contributed by atoms with E-state index in [4.69, 9.17) is 9.47 Å². The molecule has 2 fully saturated rings. The highest BCUT2D eigenvalue weighted by atomic mass is 16.6. The lowest BCUT2D eigenvalue weighted by atomic mass is 9.79. The molecule has 2 aliphatic rings. The topological polar surface area (TPSA) is 110 Å². The zero-order valence-electron chi connectivity index (χ0n) is 13.8. The summed E-state index contributed by atoms with van der Waals surface area (Å²) in [5, 5.41) is 9.37. The summed E-state index contributed by atoms with van der Waals surface area (Å²) in [5.41, 5.74) is -2.80. The second kappa shape index (κ2) is 5.21. The normalized spacial score (nSPS) is 30.4. The molecule has 0 aromatic heterocycles. The maximum Gasteiger partial charge on any atom is 0.414 e. The number of hydrogen-bond acceptors (Lipinski definition) is 6. The van der Waals surface area contributed by atoms with Gasteiger partial charge in [-0.15, -0.1) is 0 Å². The van der Waals surface area contributed by atoms with Crippen molar-refractivity contribution in [3.8, 4) is 0 Å². The molecule has 3 unspecified atom stereocenters. The molecule has 23 heavy (non-hydrogen) atoms. The lowest BCUT2D eigenvalue weighted by molar-refractivity contribution is -0.172. The van der Waals surface area contributed by atoms with Crippen molar-refractivity contribution in [2.24, 2.45) is 11.3 Å². The molecule has 2 heterocycles. The molecule has 0 spiro atoms. The van der Waals surface area contributed by atoms with Gasteiger partial charge >= 0.3 is 18.0 Å². The zero-order chi connectivity index (χ0) is 17.7. The fourth-order valence-electron chi connectivity index (χ4n) is 3.16. The lowest BCUT2D eigenvalue weighted by Gasteiger charge is -2.28. The molecule has 0 aromatic rings. The predicted octanol–water partition coefficient (Wildman–Crippen LogP) is 1.17. The second-order valence-electron chi connectivity index (χ2n) is 7.25. The molecule has 128 valence electrons. The van der Waals surface area contributed by atoms with Gasteiger partial charge in [0.2, 0.25) is 0 Å². The van der Waals surface area contributed by atoms with E-state index in [-0.39, 0.29) is 5.92 Å². The smallest absolute Gasteiger partial charge is 0.414 e. The van der Waals surface area contributed by atoms with E-state index in [2.05, 4.69) is 0 Å². The van der Waals surface area contributed by atoms with Crippen LogP contribution in [0.4, 0.5) is 4.79 Å². The van der Waals surface area contributed by atoms with E-state index in [1.165, 1.54) is 0 Å². The van der Waals surface area contributed by atoms with E-state index in [0.29, 0.717) is 4.90 Å². The van der Waals surface area contributed by atoms with E-state index in [9.17, 15) is 24.3 Å². The summed E-state index contributed by atoms with van der Waals surface area (Å²) in [6.07, 6.45) is -3.13. The van der Waals surface area contributed by atoms with E-state index >= 15 is 0 Å². The third-order valence-electron chi connectivity index (χ3n) is 4.03. The van der Waals surface area contributed by atoms with Gasteiger partial charge in [0.1, 0.15) is 11.7 Å². The van der Waals surface area contributed by atoms with Crippen molar-refractivity contribution in [1.29, 1.82) is 0 Å². The number of carbonyl (C=O) groups is 4. The Morgan fingerprint density at radius 1 is 1.35 bits per heavy atom. The number of carboxylic acid groups (broad SMARTS) is 1. The minimum Gasteiger partial charge on any atom is -0.465 e. The Morgan fingerprint density at radius 2 is 1.91 bits per heavy atom. The highest BCUT2D eigenvalue weighted by Gasteiger charge is 2.73. The van der Waals surface area contributed by atoms with Gasteiger partial charge in [-0.3, -0.25) is 14.4 Å². The number of ether oxygens (including phenoxy) is 2. The molecule has 2 rings (SSSR count). The third-order valence-corrected chi connectivity index (χ3v) is 4.03. The molecule has 0 aromatic carbocycles. The molecule has 0 radical (unpaired) electrons. The summed E-state index contributed by atoms with van der Waals surface area (Å²) >= 11 is 0. The van der Waals surface area contributed by atoms with Crippen molar-refractivity contribution in [1.82, 2.24) is 4.90 Å². The molecular weight excluding hydrogens is 306 g/mol. The Morgan fingerprint density at radius 3 is 2.35 bits per heavy atom. The molecule has 0 saturated carbocycles. The molecular formula is C15H21NO7.